The summed E-state index contributed by atoms with van der Waals surface area (Å²) in [5.41, 5.74) is 0.219. The predicted octanol–water partition coefficient (Wildman–Crippen LogP) is 5.36. The molecule has 0 heterocycles. The van der Waals surface area contributed by atoms with E-state index in [4.69, 9.17) is 11.6 Å². The molecule has 0 radical (unpaired) electrons. The summed E-state index contributed by atoms with van der Waals surface area (Å²) < 4.78 is 40.1. The average Bonchev–Trinajstić information content (AvgIpc) is 2.43. The van der Waals surface area contributed by atoms with E-state index in [1.54, 1.807) is 0 Å². The second-order valence-electron chi connectivity index (χ2n) is 5.24. The van der Waals surface area contributed by atoms with E-state index in [9.17, 15) is 13.2 Å². The molecule has 0 saturated heterocycles. The van der Waals surface area contributed by atoms with Gasteiger partial charge in [-0.15, -0.1) is 11.6 Å². The van der Waals surface area contributed by atoms with Crippen molar-refractivity contribution in [2.45, 2.75) is 24.6 Å². The molecule has 0 fully saturated rings. The molecule has 0 aliphatic rings. The van der Waals surface area contributed by atoms with Crippen molar-refractivity contribution in [1.29, 1.82) is 0 Å². The van der Waals surface area contributed by atoms with Crippen molar-refractivity contribution in [2.24, 2.45) is 0 Å². The van der Waals surface area contributed by atoms with Crippen LogP contribution in [0.4, 0.5) is 13.2 Å². The maximum atomic E-state index is 13.8. The Kier molecular flexibility index (Phi) is 4.09. The second kappa shape index (κ2) is 5.49. The van der Waals surface area contributed by atoms with Gasteiger partial charge >= 0.3 is 0 Å². The number of hydrogen-bond acceptors (Lipinski definition) is 0. The van der Waals surface area contributed by atoms with E-state index in [0.29, 0.717) is 6.07 Å². The van der Waals surface area contributed by atoms with Gasteiger partial charge in [-0.2, -0.15) is 0 Å². The van der Waals surface area contributed by atoms with Crippen LogP contribution in [0.5, 0.6) is 0 Å². The molecule has 106 valence electrons. The first-order valence-electron chi connectivity index (χ1n) is 6.18. The first-order valence-corrected chi connectivity index (χ1v) is 6.61. The summed E-state index contributed by atoms with van der Waals surface area (Å²) in [4.78, 5) is 0. The van der Waals surface area contributed by atoms with Crippen LogP contribution in [0.3, 0.4) is 0 Å². The Hall–Kier alpha value is -1.48. The summed E-state index contributed by atoms with van der Waals surface area (Å²) >= 11 is 6.33. The van der Waals surface area contributed by atoms with E-state index in [1.165, 1.54) is 0 Å². The highest BCUT2D eigenvalue weighted by atomic mass is 35.5. The molecule has 0 bridgehead atoms. The number of rotatable bonds is 3. The Morgan fingerprint density at radius 1 is 0.900 bits per heavy atom. The Labute approximate surface area is 121 Å². The Balaban J connectivity index is 2.45. The van der Waals surface area contributed by atoms with Crippen molar-refractivity contribution in [1.82, 2.24) is 0 Å². The van der Waals surface area contributed by atoms with Gasteiger partial charge in [-0.1, -0.05) is 44.2 Å². The van der Waals surface area contributed by atoms with E-state index in [0.717, 1.165) is 11.6 Å². The zero-order valence-electron chi connectivity index (χ0n) is 11.1. The third-order valence-corrected chi connectivity index (χ3v) is 4.24. The standard InChI is InChI=1S/C16H14ClF3/c1-16(2,10-6-4-3-5-7-10)15(17)11-8-13(19)14(20)9-12(11)18/h3-9,15H,1-2H3. The lowest BCUT2D eigenvalue weighted by atomic mass is 9.78. The van der Waals surface area contributed by atoms with Crippen molar-refractivity contribution in [3.63, 3.8) is 0 Å². The maximum Gasteiger partial charge on any atom is 0.161 e. The minimum Gasteiger partial charge on any atom is -0.207 e. The lowest BCUT2D eigenvalue weighted by molar-refractivity contribution is 0.461. The zero-order chi connectivity index (χ0) is 14.9. The van der Waals surface area contributed by atoms with E-state index < -0.39 is 28.2 Å². The molecule has 0 aliphatic heterocycles. The molecule has 1 unspecified atom stereocenters. The molecule has 0 N–H and O–H groups in total. The van der Waals surface area contributed by atoms with E-state index in [1.807, 2.05) is 44.2 Å². The van der Waals surface area contributed by atoms with Gasteiger partial charge in [0.1, 0.15) is 5.82 Å². The van der Waals surface area contributed by atoms with E-state index >= 15 is 0 Å². The van der Waals surface area contributed by atoms with Gasteiger partial charge in [-0.3, -0.25) is 0 Å². The summed E-state index contributed by atoms with van der Waals surface area (Å²) in [7, 11) is 0. The van der Waals surface area contributed by atoms with Gasteiger partial charge in [-0.05, 0) is 11.6 Å². The van der Waals surface area contributed by atoms with Gasteiger partial charge in [0.25, 0.3) is 0 Å². The SMILES string of the molecule is CC(C)(c1ccccc1)C(Cl)c1cc(F)c(F)cc1F. The van der Waals surface area contributed by atoms with Gasteiger partial charge in [0.2, 0.25) is 0 Å². The third kappa shape index (κ3) is 2.68. The van der Waals surface area contributed by atoms with Crippen LogP contribution in [0.25, 0.3) is 0 Å². The number of hydrogen-bond donors (Lipinski definition) is 0. The predicted molar refractivity (Wildman–Crippen MR) is 74.4 cm³/mol. The zero-order valence-corrected chi connectivity index (χ0v) is 11.9. The van der Waals surface area contributed by atoms with Gasteiger partial charge < -0.3 is 0 Å². The van der Waals surface area contributed by atoms with Crippen molar-refractivity contribution < 1.29 is 13.2 Å². The molecule has 20 heavy (non-hydrogen) atoms. The topological polar surface area (TPSA) is 0 Å². The van der Waals surface area contributed by atoms with Crippen molar-refractivity contribution in [3.8, 4) is 0 Å². The van der Waals surface area contributed by atoms with Crippen LogP contribution < -0.4 is 0 Å². The van der Waals surface area contributed by atoms with Crippen molar-refractivity contribution in [3.05, 3.63) is 71.0 Å². The minimum atomic E-state index is -1.22. The van der Waals surface area contributed by atoms with Crippen LogP contribution in [-0.2, 0) is 5.41 Å². The smallest absolute Gasteiger partial charge is 0.161 e. The molecule has 1 atom stereocenters. The van der Waals surface area contributed by atoms with Crippen LogP contribution >= 0.6 is 11.6 Å². The lowest BCUT2D eigenvalue weighted by Gasteiger charge is -2.31. The van der Waals surface area contributed by atoms with E-state index in [-0.39, 0.29) is 5.56 Å². The molecule has 0 aliphatic carbocycles. The Morgan fingerprint density at radius 2 is 1.45 bits per heavy atom. The molecule has 2 aromatic rings. The molecule has 0 spiro atoms. The van der Waals surface area contributed by atoms with Crippen LogP contribution in [0, 0.1) is 17.5 Å². The first-order chi connectivity index (χ1) is 9.34. The second-order valence-corrected chi connectivity index (χ2v) is 5.67. The van der Waals surface area contributed by atoms with E-state index in [2.05, 4.69) is 0 Å². The minimum absolute atomic E-state index is 0.0422. The van der Waals surface area contributed by atoms with Crippen LogP contribution in [0.2, 0.25) is 0 Å². The summed E-state index contributed by atoms with van der Waals surface area (Å²) in [6, 6.07) is 10.7. The van der Waals surface area contributed by atoms with Crippen molar-refractivity contribution >= 4 is 11.6 Å². The molecule has 0 saturated carbocycles. The molecular weight excluding hydrogens is 285 g/mol. The highest BCUT2D eigenvalue weighted by Crippen LogP contribution is 2.42. The fourth-order valence-electron chi connectivity index (χ4n) is 2.13. The summed E-state index contributed by atoms with van der Waals surface area (Å²) in [6.45, 7) is 3.67. The fraction of sp³-hybridized carbons (Fsp3) is 0.250. The Bertz CT molecular complexity index is 609. The summed E-state index contributed by atoms with van der Waals surface area (Å²) in [5.74, 6) is -3.16. The fourth-order valence-corrected chi connectivity index (χ4v) is 2.43. The monoisotopic (exact) mass is 298 g/mol. The highest BCUT2D eigenvalue weighted by molar-refractivity contribution is 6.21. The number of benzene rings is 2. The molecule has 0 amide bonds. The van der Waals surface area contributed by atoms with Gasteiger partial charge in [-0.25, -0.2) is 13.2 Å². The number of halogens is 4. The largest absolute Gasteiger partial charge is 0.207 e. The Morgan fingerprint density at radius 3 is 2.05 bits per heavy atom. The lowest BCUT2D eigenvalue weighted by Crippen LogP contribution is -2.24. The average molecular weight is 299 g/mol. The summed E-state index contributed by atoms with van der Waals surface area (Å²) in [5, 5.41) is -0.819. The van der Waals surface area contributed by atoms with Crippen LogP contribution in [-0.4, -0.2) is 0 Å². The maximum absolute atomic E-state index is 13.8. The van der Waals surface area contributed by atoms with Crippen molar-refractivity contribution in [2.75, 3.05) is 0 Å². The quantitative estimate of drug-likeness (QED) is 0.528. The first kappa shape index (κ1) is 14.9. The molecule has 2 rings (SSSR count). The van der Waals surface area contributed by atoms with Crippen LogP contribution in [0.15, 0.2) is 42.5 Å². The molecule has 4 heteroatoms. The molecule has 2 aromatic carbocycles. The van der Waals surface area contributed by atoms with Gasteiger partial charge in [0.05, 0.1) is 5.38 Å². The molecule has 0 nitrogen and oxygen atoms in total. The number of alkyl halides is 1. The summed E-state index contributed by atoms with van der Waals surface area (Å²) in [6.07, 6.45) is 0. The normalized spacial score (nSPS) is 13.3. The molecule has 0 aromatic heterocycles. The van der Waals surface area contributed by atoms with Gasteiger partial charge in [0.15, 0.2) is 11.6 Å². The highest BCUT2D eigenvalue weighted by Gasteiger charge is 2.33. The third-order valence-electron chi connectivity index (χ3n) is 3.46. The van der Waals surface area contributed by atoms with Crippen LogP contribution in [0.1, 0.15) is 30.4 Å². The molecular formula is C16H14ClF3. The van der Waals surface area contributed by atoms with Gasteiger partial charge in [0, 0.05) is 17.0 Å².